The van der Waals surface area contributed by atoms with Crippen molar-refractivity contribution in [1.82, 2.24) is 4.90 Å². The molecule has 0 atom stereocenters. The van der Waals surface area contributed by atoms with Crippen LogP contribution in [0.5, 0.6) is 0 Å². The average Bonchev–Trinajstić information content (AvgIpc) is 2.17. The molecule has 1 nitrogen and oxygen atoms in total. The molecule has 0 fully saturated rings. The zero-order valence-electron chi connectivity index (χ0n) is 6.35. The molecule has 1 aliphatic heterocycles. The van der Waals surface area contributed by atoms with Gasteiger partial charge in [-0.05, 0) is 19.0 Å². The molecule has 0 aromatic rings. The Morgan fingerprint density at radius 1 is 1.67 bits per heavy atom. The van der Waals surface area contributed by atoms with Crippen molar-refractivity contribution in [2.45, 2.75) is 26.2 Å². The van der Waals surface area contributed by atoms with Crippen molar-refractivity contribution in [3.8, 4) is 0 Å². The molecule has 0 amide bonds. The first kappa shape index (κ1) is 6.66. The number of hydrogen-bond donors (Lipinski definition) is 0. The van der Waals surface area contributed by atoms with Crippen LogP contribution in [0.25, 0.3) is 0 Å². The smallest absolute Gasteiger partial charge is 0.0207 e. The number of rotatable bonds is 2. The highest BCUT2D eigenvalue weighted by molar-refractivity contribution is 5.06. The van der Waals surface area contributed by atoms with Crippen LogP contribution in [-0.2, 0) is 0 Å². The fourth-order valence-corrected chi connectivity index (χ4v) is 1.27. The molecule has 0 spiro atoms. The molecule has 0 bridgehead atoms. The van der Waals surface area contributed by atoms with E-state index in [2.05, 4.69) is 25.1 Å². The van der Waals surface area contributed by atoms with Gasteiger partial charge in [-0.15, -0.1) is 0 Å². The van der Waals surface area contributed by atoms with Crippen molar-refractivity contribution in [1.29, 1.82) is 0 Å². The lowest BCUT2D eigenvalue weighted by Gasteiger charge is -2.02. The molecular formula is C8H15N. The molecule has 9 heavy (non-hydrogen) atoms. The van der Waals surface area contributed by atoms with Gasteiger partial charge in [0.1, 0.15) is 0 Å². The quantitative estimate of drug-likeness (QED) is 0.545. The van der Waals surface area contributed by atoms with E-state index in [4.69, 9.17) is 0 Å². The van der Waals surface area contributed by atoms with Crippen LogP contribution in [0.4, 0.5) is 0 Å². The van der Waals surface area contributed by atoms with E-state index >= 15 is 0 Å². The standard InChI is InChI=1S/C8H15N/c1-3-4-8-5-6-9(2)7-8/h7H,3-6H2,1-2H3. The third-order valence-corrected chi connectivity index (χ3v) is 1.76. The van der Waals surface area contributed by atoms with Crippen molar-refractivity contribution in [3.63, 3.8) is 0 Å². The molecule has 0 aromatic heterocycles. The Morgan fingerprint density at radius 3 is 2.89 bits per heavy atom. The van der Waals surface area contributed by atoms with Gasteiger partial charge in [-0.25, -0.2) is 0 Å². The van der Waals surface area contributed by atoms with Gasteiger partial charge in [-0.2, -0.15) is 0 Å². The van der Waals surface area contributed by atoms with E-state index < -0.39 is 0 Å². The molecule has 0 aliphatic carbocycles. The highest BCUT2D eigenvalue weighted by atomic mass is 15.1. The fourth-order valence-electron chi connectivity index (χ4n) is 1.27. The van der Waals surface area contributed by atoms with E-state index in [1.54, 1.807) is 5.57 Å². The molecule has 52 valence electrons. The topological polar surface area (TPSA) is 3.24 Å². The number of hydrogen-bond acceptors (Lipinski definition) is 1. The largest absolute Gasteiger partial charge is 0.380 e. The summed E-state index contributed by atoms with van der Waals surface area (Å²) in [7, 11) is 2.14. The summed E-state index contributed by atoms with van der Waals surface area (Å²) in [6.07, 6.45) is 6.16. The van der Waals surface area contributed by atoms with E-state index in [0.29, 0.717) is 0 Å². The van der Waals surface area contributed by atoms with E-state index in [-0.39, 0.29) is 0 Å². The summed E-state index contributed by atoms with van der Waals surface area (Å²) in [6, 6.07) is 0. The first-order valence-corrected chi connectivity index (χ1v) is 3.72. The normalized spacial score (nSPS) is 18.4. The van der Waals surface area contributed by atoms with E-state index in [1.807, 2.05) is 0 Å². The van der Waals surface area contributed by atoms with Crippen LogP contribution >= 0.6 is 0 Å². The maximum atomic E-state index is 2.28. The Hall–Kier alpha value is -0.460. The van der Waals surface area contributed by atoms with Crippen LogP contribution in [0.15, 0.2) is 11.8 Å². The third kappa shape index (κ3) is 1.74. The Morgan fingerprint density at radius 2 is 2.44 bits per heavy atom. The van der Waals surface area contributed by atoms with Gasteiger partial charge in [-0.3, -0.25) is 0 Å². The minimum atomic E-state index is 1.23. The zero-order valence-corrected chi connectivity index (χ0v) is 6.35. The molecule has 1 heteroatoms. The molecule has 0 unspecified atom stereocenters. The van der Waals surface area contributed by atoms with Crippen molar-refractivity contribution in [3.05, 3.63) is 11.8 Å². The Bertz CT molecular complexity index is 116. The molecule has 0 N–H and O–H groups in total. The summed E-state index contributed by atoms with van der Waals surface area (Å²) in [5.41, 5.74) is 1.63. The zero-order chi connectivity index (χ0) is 6.69. The van der Waals surface area contributed by atoms with Gasteiger partial charge in [0, 0.05) is 13.6 Å². The summed E-state index contributed by atoms with van der Waals surface area (Å²) >= 11 is 0. The molecule has 1 rings (SSSR count). The van der Waals surface area contributed by atoms with Gasteiger partial charge in [0.2, 0.25) is 0 Å². The Balaban J connectivity index is 2.33. The van der Waals surface area contributed by atoms with Crippen molar-refractivity contribution < 1.29 is 0 Å². The van der Waals surface area contributed by atoms with Crippen LogP contribution < -0.4 is 0 Å². The van der Waals surface area contributed by atoms with Gasteiger partial charge in [-0.1, -0.05) is 18.9 Å². The van der Waals surface area contributed by atoms with Gasteiger partial charge < -0.3 is 4.90 Å². The van der Waals surface area contributed by atoms with Crippen LogP contribution in [0.2, 0.25) is 0 Å². The van der Waals surface area contributed by atoms with E-state index in [1.165, 1.54) is 25.8 Å². The van der Waals surface area contributed by atoms with Gasteiger partial charge in [0.05, 0.1) is 0 Å². The Labute approximate surface area is 57.4 Å². The summed E-state index contributed by atoms with van der Waals surface area (Å²) in [5.74, 6) is 0. The molecule has 0 saturated heterocycles. The maximum Gasteiger partial charge on any atom is 0.0207 e. The first-order chi connectivity index (χ1) is 4.33. The lowest BCUT2D eigenvalue weighted by Crippen LogP contribution is -2.04. The molecular weight excluding hydrogens is 110 g/mol. The average molecular weight is 125 g/mol. The monoisotopic (exact) mass is 125 g/mol. The summed E-state index contributed by atoms with van der Waals surface area (Å²) in [4.78, 5) is 2.27. The number of nitrogens with zero attached hydrogens (tertiary/aromatic N) is 1. The SMILES string of the molecule is CCCC1=CN(C)CC1. The second-order valence-electron chi connectivity index (χ2n) is 2.77. The highest BCUT2D eigenvalue weighted by Gasteiger charge is 2.05. The van der Waals surface area contributed by atoms with E-state index in [9.17, 15) is 0 Å². The van der Waals surface area contributed by atoms with Gasteiger partial charge in [0.15, 0.2) is 0 Å². The molecule has 1 heterocycles. The van der Waals surface area contributed by atoms with Gasteiger partial charge in [0.25, 0.3) is 0 Å². The van der Waals surface area contributed by atoms with Crippen molar-refractivity contribution in [2.24, 2.45) is 0 Å². The minimum absolute atomic E-state index is 1.23. The summed E-state index contributed by atoms with van der Waals surface area (Å²) < 4.78 is 0. The first-order valence-electron chi connectivity index (χ1n) is 3.72. The van der Waals surface area contributed by atoms with Crippen LogP contribution in [0, 0.1) is 0 Å². The highest BCUT2D eigenvalue weighted by Crippen LogP contribution is 2.16. The van der Waals surface area contributed by atoms with Crippen molar-refractivity contribution in [2.75, 3.05) is 13.6 Å². The van der Waals surface area contributed by atoms with Gasteiger partial charge >= 0.3 is 0 Å². The predicted molar refractivity (Wildman–Crippen MR) is 40.2 cm³/mol. The Kier molecular flexibility index (Phi) is 2.15. The third-order valence-electron chi connectivity index (χ3n) is 1.76. The van der Waals surface area contributed by atoms with E-state index in [0.717, 1.165) is 0 Å². The molecule has 0 aromatic carbocycles. The van der Waals surface area contributed by atoms with Crippen molar-refractivity contribution >= 4 is 0 Å². The second kappa shape index (κ2) is 2.90. The lowest BCUT2D eigenvalue weighted by atomic mass is 10.1. The minimum Gasteiger partial charge on any atom is -0.380 e. The predicted octanol–water partition coefficient (Wildman–Crippen LogP) is 2.01. The van der Waals surface area contributed by atoms with Crippen LogP contribution in [0.3, 0.4) is 0 Å². The van der Waals surface area contributed by atoms with Crippen LogP contribution in [-0.4, -0.2) is 18.5 Å². The van der Waals surface area contributed by atoms with Crippen LogP contribution in [0.1, 0.15) is 26.2 Å². The second-order valence-corrected chi connectivity index (χ2v) is 2.77. The molecule has 0 saturated carbocycles. The maximum absolute atomic E-state index is 2.28. The summed E-state index contributed by atoms with van der Waals surface area (Å²) in [5, 5.41) is 0. The lowest BCUT2D eigenvalue weighted by molar-refractivity contribution is 0.496. The summed E-state index contributed by atoms with van der Waals surface area (Å²) in [6.45, 7) is 3.47. The molecule has 1 aliphatic rings. The fraction of sp³-hybridized carbons (Fsp3) is 0.750. The molecule has 0 radical (unpaired) electrons.